The second-order valence-corrected chi connectivity index (χ2v) is 6.24. The highest BCUT2D eigenvalue weighted by Crippen LogP contribution is 2.23. The second-order valence-electron chi connectivity index (χ2n) is 6.24. The summed E-state index contributed by atoms with van der Waals surface area (Å²) in [4.78, 5) is 24.0. The van der Waals surface area contributed by atoms with E-state index in [4.69, 9.17) is 4.74 Å². The van der Waals surface area contributed by atoms with Crippen molar-refractivity contribution in [1.29, 1.82) is 0 Å². The lowest BCUT2D eigenvalue weighted by atomic mass is 9.89. The van der Waals surface area contributed by atoms with E-state index in [1.165, 1.54) is 25.7 Å². The van der Waals surface area contributed by atoms with Gasteiger partial charge in [0.1, 0.15) is 0 Å². The molecule has 2 amide bonds. The maximum atomic E-state index is 13.7. The third-order valence-corrected chi connectivity index (χ3v) is 4.45. The molecule has 1 fully saturated rings. The van der Waals surface area contributed by atoms with Gasteiger partial charge < -0.3 is 15.4 Å². The van der Waals surface area contributed by atoms with Gasteiger partial charge in [-0.05, 0) is 37.5 Å². The minimum atomic E-state index is -0.471. The standard InChI is InChI=1S/C18H25FN2O3/c1-12(14-8-9-16(24-2)15(19)10-14)21-17(22)11-20-18(23)13-6-4-3-5-7-13/h8-10,12-13H,3-7,11H2,1-2H3,(H,20,23)(H,21,22)/t12-/m1/s1. The lowest BCUT2D eigenvalue weighted by Gasteiger charge is -2.21. The van der Waals surface area contributed by atoms with Crippen molar-refractivity contribution in [3.8, 4) is 5.75 Å². The Bertz CT molecular complexity index is 586. The fraction of sp³-hybridized carbons (Fsp3) is 0.556. The van der Waals surface area contributed by atoms with Gasteiger partial charge in [-0.3, -0.25) is 9.59 Å². The molecule has 0 heterocycles. The average molecular weight is 336 g/mol. The average Bonchev–Trinajstić information content (AvgIpc) is 2.60. The lowest BCUT2D eigenvalue weighted by molar-refractivity contribution is -0.129. The zero-order valence-electron chi connectivity index (χ0n) is 14.2. The van der Waals surface area contributed by atoms with Gasteiger partial charge in [0.25, 0.3) is 0 Å². The Hall–Kier alpha value is -2.11. The Kier molecular flexibility index (Phi) is 6.58. The third-order valence-electron chi connectivity index (χ3n) is 4.45. The van der Waals surface area contributed by atoms with E-state index < -0.39 is 5.82 Å². The first-order chi connectivity index (χ1) is 11.5. The first kappa shape index (κ1) is 18.2. The highest BCUT2D eigenvalue weighted by molar-refractivity contribution is 5.86. The molecule has 2 rings (SSSR count). The Morgan fingerprint density at radius 2 is 2.00 bits per heavy atom. The van der Waals surface area contributed by atoms with Gasteiger partial charge in [-0.25, -0.2) is 4.39 Å². The van der Waals surface area contributed by atoms with Crippen molar-refractivity contribution in [2.24, 2.45) is 5.92 Å². The van der Waals surface area contributed by atoms with Gasteiger partial charge in [0.15, 0.2) is 11.6 Å². The van der Waals surface area contributed by atoms with E-state index in [-0.39, 0.29) is 36.1 Å². The van der Waals surface area contributed by atoms with E-state index in [1.807, 2.05) is 0 Å². The van der Waals surface area contributed by atoms with Gasteiger partial charge >= 0.3 is 0 Å². The minimum Gasteiger partial charge on any atom is -0.494 e. The first-order valence-corrected chi connectivity index (χ1v) is 8.41. The Morgan fingerprint density at radius 3 is 2.62 bits per heavy atom. The molecule has 0 unspecified atom stereocenters. The molecular formula is C18H25FN2O3. The number of methoxy groups -OCH3 is 1. The molecule has 6 heteroatoms. The summed E-state index contributed by atoms with van der Waals surface area (Å²) in [7, 11) is 1.40. The van der Waals surface area contributed by atoms with Crippen LogP contribution in [0.3, 0.4) is 0 Å². The van der Waals surface area contributed by atoms with E-state index in [1.54, 1.807) is 13.0 Å². The predicted molar refractivity (Wildman–Crippen MR) is 89.1 cm³/mol. The van der Waals surface area contributed by atoms with Crippen LogP contribution in [-0.4, -0.2) is 25.5 Å². The number of hydrogen-bond donors (Lipinski definition) is 2. The van der Waals surface area contributed by atoms with Gasteiger partial charge in [-0.1, -0.05) is 25.3 Å². The van der Waals surface area contributed by atoms with Crippen LogP contribution in [0.15, 0.2) is 18.2 Å². The summed E-state index contributed by atoms with van der Waals surface area (Å²) in [6.07, 6.45) is 5.12. The predicted octanol–water partition coefficient (Wildman–Crippen LogP) is 2.71. The number of carbonyl (C=O) groups is 2. The van der Waals surface area contributed by atoms with Gasteiger partial charge in [0.05, 0.1) is 19.7 Å². The highest BCUT2D eigenvalue weighted by Gasteiger charge is 2.21. The molecule has 5 nitrogen and oxygen atoms in total. The van der Waals surface area contributed by atoms with Crippen LogP contribution in [0.4, 0.5) is 4.39 Å². The lowest BCUT2D eigenvalue weighted by Crippen LogP contribution is -2.40. The molecule has 1 aliphatic carbocycles. The van der Waals surface area contributed by atoms with Crippen LogP contribution in [-0.2, 0) is 9.59 Å². The SMILES string of the molecule is COc1ccc([C@@H](C)NC(=O)CNC(=O)C2CCCCC2)cc1F. The zero-order chi connectivity index (χ0) is 17.5. The fourth-order valence-electron chi connectivity index (χ4n) is 3.00. The highest BCUT2D eigenvalue weighted by atomic mass is 19.1. The molecule has 0 spiro atoms. The summed E-state index contributed by atoms with van der Waals surface area (Å²) in [5.74, 6) is -0.616. The van der Waals surface area contributed by atoms with Gasteiger partial charge in [0, 0.05) is 5.92 Å². The van der Waals surface area contributed by atoms with Gasteiger partial charge in [-0.2, -0.15) is 0 Å². The number of amides is 2. The number of hydrogen-bond acceptors (Lipinski definition) is 3. The van der Waals surface area contributed by atoms with Crippen LogP contribution in [0.2, 0.25) is 0 Å². The van der Waals surface area contributed by atoms with Gasteiger partial charge in [0.2, 0.25) is 11.8 Å². The van der Waals surface area contributed by atoms with E-state index in [0.717, 1.165) is 25.7 Å². The first-order valence-electron chi connectivity index (χ1n) is 8.41. The van der Waals surface area contributed by atoms with E-state index in [2.05, 4.69) is 10.6 Å². The number of nitrogens with one attached hydrogen (secondary N) is 2. The number of benzene rings is 1. The van der Waals surface area contributed by atoms with Crippen molar-refractivity contribution in [1.82, 2.24) is 10.6 Å². The van der Waals surface area contributed by atoms with E-state index in [0.29, 0.717) is 5.56 Å². The van der Waals surface area contributed by atoms with E-state index >= 15 is 0 Å². The largest absolute Gasteiger partial charge is 0.494 e. The van der Waals surface area contributed by atoms with Crippen molar-refractivity contribution >= 4 is 11.8 Å². The summed E-state index contributed by atoms with van der Waals surface area (Å²) >= 11 is 0. The van der Waals surface area contributed by atoms with Crippen LogP contribution in [0.1, 0.15) is 50.6 Å². The zero-order valence-corrected chi connectivity index (χ0v) is 14.2. The van der Waals surface area contributed by atoms with Crippen molar-refractivity contribution in [3.05, 3.63) is 29.6 Å². The molecule has 2 N–H and O–H groups in total. The number of carbonyl (C=O) groups excluding carboxylic acids is 2. The number of ether oxygens (including phenoxy) is 1. The molecule has 1 aromatic carbocycles. The van der Waals surface area contributed by atoms with Crippen LogP contribution >= 0.6 is 0 Å². The molecule has 1 aliphatic rings. The van der Waals surface area contributed by atoms with Gasteiger partial charge in [-0.15, -0.1) is 0 Å². The molecule has 1 saturated carbocycles. The van der Waals surface area contributed by atoms with Crippen LogP contribution in [0.25, 0.3) is 0 Å². The smallest absolute Gasteiger partial charge is 0.239 e. The fourth-order valence-corrected chi connectivity index (χ4v) is 3.00. The second kappa shape index (κ2) is 8.66. The molecule has 1 atom stereocenters. The summed E-state index contributed by atoms with van der Waals surface area (Å²) in [5, 5.41) is 5.45. The monoisotopic (exact) mass is 336 g/mol. The Morgan fingerprint density at radius 1 is 1.29 bits per heavy atom. The third kappa shape index (κ3) is 4.94. The summed E-state index contributed by atoms with van der Waals surface area (Å²) in [5.41, 5.74) is 0.639. The van der Waals surface area contributed by atoms with Crippen LogP contribution in [0, 0.1) is 11.7 Å². The van der Waals surface area contributed by atoms with Crippen LogP contribution in [0.5, 0.6) is 5.75 Å². The molecule has 0 aliphatic heterocycles. The Labute approximate surface area is 142 Å². The van der Waals surface area contributed by atoms with Crippen molar-refractivity contribution in [2.75, 3.05) is 13.7 Å². The quantitative estimate of drug-likeness (QED) is 0.839. The Balaban J connectivity index is 1.80. The molecular weight excluding hydrogens is 311 g/mol. The number of halogens is 1. The number of rotatable bonds is 6. The molecule has 132 valence electrons. The molecule has 1 aromatic rings. The summed E-state index contributed by atoms with van der Waals surface area (Å²) < 4.78 is 18.6. The normalized spacial score (nSPS) is 16.3. The molecule has 0 bridgehead atoms. The molecule has 0 radical (unpaired) electrons. The van der Waals surface area contributed by atoms with Crippen molar-refractivity contribution in [2.45, 2.75) is 45.1 Å². The maximum absolute atomic E-state index is 13.7. The van der Waals surface area contributed by atoms with Crippen LogP contribution < -0.4 is 15.4 Å². The summed E-state index contributed by atoms with van der Waals surface area (Å²) in [6.45, 7) is 1.71. The summed E-state index contributed by atoms with van der Waals surface area (Å²) in [6, 6.07) is 4.21. The molecule has 0 aromatic heterocycles. The molecule has 24 heavy (non-hydrogen) atoms. The van der Waals surface area contributed by atoms with Crippen molar-refractivity contribution in [3.63, 3.8) is 0 Å². The minimum absolute atomic E-state index is 0.0275. The molecule has 0 saturated heterocycles. The van der Waals surface area contributed by atoms with Crippen molar-refractivity contribution < 1.29 is 18.7 Å². The maximum Gasteiger partial charge on any atom is 0.239 e. The van der Waals surface area contributed by atoms with E-state index in [9.17, 15) is 14.0 Å². The topological polar surface area (TPSA) is 67.4 Å².